The molecule has 5 rings (SSSR count). The molecule has 0 aliphatic heterocycles. The molecule has 142 valence electrons. The number of fused-ring (bicyclic) bond motifs is 4. The highest BCUT2D eigenvalue weighted by Gasteiger charge is 2.10. The van der Waals surface area contributed by atoms with E-state index in [0.717, 1.165) is 43.1 Å². The van der Waals surface area contributed by atoms with Crippen LogP contribution in [0.5, 0.6) is 11.5 Å². The first-order valence-corrected chi connectivity index (χ1v) is 9.45. The first kappa shape index (κ1) is 17.8. The Labute approximate surface area is 173 Å². The molecule has 0 aromatic heterocycles. The lowest BCUT2D eigenvalue weighted by molar-refractivity contribution is 0.356. The van der Waals surface area contributed by atoms with Crippen molar-refractivity contribution in [2.24, 2.45) is 0 Å². The fourth-order valence-corrected chi connectivity index (χ4v) is 4.07. The van der Waals surface area contributed by atoms with Crippen LogP contribution in [0.3, 0.4) is 0 Å². The molecule has 0 unspecified atom stereocenters. The molecule has 0 heterocycles. The summed E-state index contributed by atoms with van der Waals surface area (Å²) < 4.78 is 10.9. The monoisotopic (exact) mass is 388 g/mol. The number of ether oxygens (including phenoxy) is 2. The van der Waals surface area contributed by atoms with Crippen LogP contribution < -0.4 is 9.47 Å². The van der Waals surface area contributed by atoms with Gasteiger partial charge in [-0.05, 0) is 104 Å². The van der Waals surface area contributed by atoms with Gasteiger partial charge in [-0.15, -0.1) is 0 Å². The van der Waals surface area contributed by atoms with Gasteiger partial charge < -0.3 is 9.47 Å². The van der Waals surface area contributed by atoms with Gasteiger partial charge in [-0.25, -0.2) is 0 Å². The summed E-state index contributed by atoms with van der Waals surface area (Å²) in [7, 11) is 3.27. The Balaban J connectivity index is 1.80. The number of rotatable bonds is 2. The van der Waals surface area contributed by atoms with Crippen molar-refractivity contribution < 1.29 is 9.47 Å². The van der Waals surface area contributed by atoms with Crippen molar-refractivity contribution >= 4 is 43.1 Å². The summed E-state index contributed by atoms with van der Waals surface area (Å²) in [4.78, 5) is 0. The zero-order chi connectivity index (χ0) is 20.8. The smallest absolute Gasteiger partial charge is 0.161 e. The van der Waals surface area contributed by atoms with E-state index in [1.54, 1.807) is 26.4 Å². The zero-order valence-electron chi connectivity index (χ0n) is 16.5. The van der Waals surface area contributed by atoms with E-state index in [1.807, 2.05) is 12.1 Å². The number of nitriles is 2. The van der Waals surface area contributed by atoms with Crippen molar-refractivity contribution in [3.05, 3.63) is 71.8 Å². The Hall–Kier alpha value is -4.28. The summed E-state index contributed by atoms with van der Waals surface area (Å²) in [6, 6.07) is 24.5. The molecule has 0 saturated heterocycles. The van der Waals surface area contributed by atoms with E-state index in [9.17, 15) is 10.5 Å². The van der Waals surface area contributed by atoms with Gasteiger partial charge in [-0.3, -0.25) is 0 Å². The summed E-state index contributed by atoms with van der Waals surface area (Å²) >= 11 is 0. The Bertz CT molecular complexity index is 1470. The molecule has 0 bridgehead atoms. The average Bonchev–Trinajstić information content (AvgIpc) is 2.78. The van der Waals surface area contributed by atoms with Gasteiger partial charge in [0.25, 0.3) is 0 Å². The predicted molar refractivity (Wildman–Crippen MR) is 119 cm³/mol. The quantitative estimate of drug-likeness (QED) is 0.345. The number of methoxy groups -OCH3 is 2. The van der Waals surface area contributed by atoms with Gasteiger partial charge in [-0.2, -0.15) is 10.5 Å². The fraction of sp³-hybridized carbons (Fsp3) is 0.0769. The van der Waals surface area contributed by atoms with Gasteiger partial charge in [0.15, 0.2) is 11.5 Å². The van der Waals surface area contributed by atoms with Crippen LogP contribution in [0.15, 0.2) is 60.7 Å². The average molecular weight is 388 g/mol. The Morgan fingerprint density at radius 1 is 0.467 bits per heavy atom. The van der Waals surface area contributed by atoms with Crippen LogP contribution in [0.2, 0.25) is 0 Å². The molecular formula is C26H16N2O2. The van der Waals surface area contributed by atoms with Gasteiger partial charge in [0.1, 0.15) is 12.1 Å². The van der Waals surface area contributed by atoms with Gasteiger partial charge in [0.05, 0.1) is 25.3 Å². The first-order chi connectivity index (χ1) is 14.6. The molecule has 5 aromatic carbocycles. The van der Waals surface area contributed by atoms with Crippen molar-refractivity contribution in [3.63, 3.8) is 0 Å². The highest BCUT2D eigenvalue weighted by molar-refractivity contribution is 6.08. The minimum Gasteiger partial charge on any atom is -0.493 e. The van der Waals surface area contributed by atoms with E-state index in [4.69, 9.17) is 9.47 Å². The van der Waals surface area contributed by atoms with E-state index >= 15 is 0 Å². The van der Waals surface area contributed by atoms with Crippen LogP contribution in [0.4, 0.5) is 0 Å². The molecule has 0 radical (unpaired) electrons. The molecule has 30 heavy (non-hydrogen) atoms. The standard InChI is InChI=1S/C26H16N2O2/c1-29-25-11-21-7-17-3-15-5-19-9-23(13-27)24(14-28)10-20(19)6-16(15)4-18(17)8-22(21)12-26(25)30-2/h3-12H,1-2H3. The number of benzene rings is 5. The van der Waals surface area contributed by atoms with Crippen LogP contribution in [0.25, 0.3) is 43.1 Å². The van der Waals surface area contributed by atoms with Crippen molar-refractivity contribution in [3.8, 4) is 23.6 Å². The number of hydrogen-bond acceptors (Lipinski definition) is 4. The highest BCUT2D eigenvalue weighted by atomic mass is 16.5. The normalized spacial score (nSPS) is 10.9. The molecule has 0 saturated carbocycles. The number of hydrogen-bond donors (Lipinski definition) is 0. The topological polar surface area (TPSA) is 66.0 Å². The highest BCUT2D eigenvalue weighted by Crippen LogP contribution is 2.36. The molecule has 0 aliphatic carbocycles. The Morgan fingerprint density at radius 3 is 1.00 bits per heavy atom. The van der Waals surface area contributed by atoms with Crippen molar-refractivity contribution in [1.29, 1.82) is 10.5 Å². The van der Waals surface area contributed by atoms with E-state index in [0.29, 0.717) is 22.6 Å². The summed E-state index contributed by atoms with van der Waals surface area (Å²) in [5, 5.41) is 27.1. The molecule has 5 aromatic rings. The maximum absolute atomic E-state index is 9.32. The van der Waals surface area contributed by atoms with E-state index in [2.05, 4.69) is 48.5 Å². The van der Waals surface area contributed by atoms with Gasteiger partial charge in [-0.1, -0.05) is 0 Å². The van der Waals surface area contributed by atoms with E-state index in [1.165, 1.54) is 0 Å². The van der Waals surface area contributed by atoms with Gasteiger partial charge in [0.2, 0.25) is 0 Å². The maximum atomic E-state index is 9.32. The largest absolute Gasteiger partial charge is 0.493 e. The van der Waals surface area contributed by atoms with Gasteiger partial charge >= 0.3 is 0 Å². The minimum atomic E-state index is 0.400. The zero-order valence-corrected chi connectivity index (χ0v) is 16.5. The lowest BCUT2D eigenvalue weighted by atomic mass is 9.95. The lowest BCUT2D eigenvalue weighted by Crippen LogP contribution is -1.90. The summed E-state index contributed by atoms with van der Waals surface area (Å²) in [6.45, 7) is 0. The van der Waals surface area contributed by atoms with Crippen molar-refractivity contribution in [1.82, 2.24) is 0 Å². The minimum absolute atomic E-state index is 0.400. The molecule has 0 N–H and O–H groups in total. The second-order valence-electron chi connectivity index (χ2n) is 7.27. The molecule has 0 fully saturated rings. The third-order valence-electron chi connectivity index (χ3n) is 5.59. The number of nitrogens with zero attached hydrogens (tertiary/aromatic N) is 2. The molecule has 0 spiro atoms. The van der Waals surface area contributed by atoms with E-state index in [-0.39, 0.29) is 0 Å². The molecule has 0 aliphatic rings. The van der Waals surface area contributed by atoms with Crippen LogP contribution >= 0.6 is 0 Å². The molecule has 4 nitrogen and oxygen atoms in total. The Morgan fingerprint density at radius 2 is 0.733 bits per heavy atom. The fourth-order valence-electron chi connectivity index (χ4n) is 4.07. The molecule has 4 heteroatoms. The predicted octanol–water partition coefficient (Wildman–Crippen LogP) is 6.06. The maximum Gasteiger partial charge on any atom is 0.161 e. The third-order valence-corrected chi connectivity index (χ3v) is 5.59. The van der Waals surface area contributed by atoms with Crippen LogP contribution in [-0.2, 0) is 0 Å². The summed E-state index contributed by atoms with van der Waals surface area (Å²) in [5.41, 5.74) is 0.800. The first-order valence-electron chi connectivity index (χ1n) is 9.45. The molecule has 0 atom stereocenters. The van der Waals surface area contributed by atoms with E-state index < -0.39 is 0 Å². The van der Waals surface area contributed by atoms with Crippen LogP contribution in [-0.4, -0.2) is 14.2 Å². The Kier molecular flexibility index (Phi) is 3.95. The van der Waals surface area contributed by atoms with Gasteiger partial charge in [0, 0.05) is 0 Å². The third kappa shape index (κ3) is 2.67. The summed E-state index contributed by atoms with van der Waals surface area (Å²) in [5.74, 6) is 1.40. The van der Waals surface area contributed by atoms with Crippen molar-refractivity contribution in [2.45, 2.75) is 0 Å². The second kappa shape index (κ2) is 6.65. The molecule has 0 amide bonds. The van der Waals surface area contributed by atoms with Crippen LogP contribution in [0, 0.1) is 22.7 Å². The van der Waals surface area contributed by atoms with Crippen LogP contribution in [0.1, 0.15) is 11.1 Å². The second-order valence-corrected chi connectivity index (χ2v) is 7.27. The lowest BCUT2D eigenvalue weighted by Gasteiger charge is -2.11. The summed E-state index contributed by atoms with van der Waals surface area (Å²) in [6.07, 6.45) is 0. The van der Waals surface area contributed by atoms with Crippen molar-refractivity contribution in [2.75, 3.05) is 14.2 Å². The molecular weight excluding hydrogens is 372 g/mol. The SMILES string of the molecule is COc1cc2cc3cc4cc5cc(C#N)c(C#N)cc5cc4cc3cc2cc1OC.